The first kappa shape index (κ1) is 16.8. The van der Waals surface area contributed by atoms with Crippen LogP contribution in [0.3, 0.4) is 0 Å². The van der Waals surface area contributed by atoms with E-state index in [1.807, 2.05) is 26.0 Å². The highest BCUT2D eigenvalue weighted by Crippen LogP contribution is 2.26. The number of hydrogen-bond acceptors (Lipinski definition) is 3. The molecule has 0 radical (unpaired) electrons. The summed E-state index contributed by atoms with van der Waals surface area (Å²) in [5.74, 6) is -2.52. The zero-order valence-corrected chi connectivity index (χ0v) is 13.9. The van der Waals surface area contributed by atoms with Gasteiger partial charge in [-0.15, -0.1) is 0 Å². The minimum atomic E-state index is -0.787. The van der Waals surface area contributed by atoms with E-state index in [1.54, 1.807) is 12.1 Å². The van der Waals surface area contributed by atoms with Crippen molar-refractivity contribution >= 4 is 23.4 Å². The van der Waals surface area contributed by atoms with Crippen molar-refractivity contribution in [2.75, 3.05) is 11.9 Å². The highest BCUT2D eigenvalue weighted by molar-refractivity contribution is 6.22. The quantitative estimate of drug-likeness (QED) is 0.869. The van der Waals surface area contributed by atoms with Crippen LogP contribution >= 0.6 is 0 Å². The maximum absolute atomic E-state index is 13.8. The summed E-state index contributed by atoms with van der Waals surface area (Å²) >= 11 is 0. The van der Waals surface area contributed by atoms with Crippen LogP contribution in [0, 0.1) is 5.82 Å². The second kappa shape index (κ2) is 6.47. The predicted molar refractivity (Wildman–Crippen MR) is 90.9 cm³/mol. The molecule has 0 aliphatic carbocycles. The van der Waals surface area contributed by atoms with Crippen LogP contribution in [-0.4, -0.2) is 29.2 Å². The molecule has 0 saturated heterocycles. The van der Waals surface area contributed by atoms with Crippen LogP contribution in [0.1, 0.15) is 46.0 Å². The third-order valence-electron chi connectivity index (χ3n) is 4.11. The number of nitrogens with zero attached hydrogens (tertiary/aromatic N) is 1. The number of carbonyl (C=O) groups is 3. The van der Waals surface area contributed by atoms with Crippen molar-refractivity contribution in [1.29, 1.82) is 0 Å². The average Bonchev–Trinajstić information content (AvgIpc) is 2.81. The smallest absolute Gasteiger partial charge is 0.265 e. The summed E-state index contributed by atoms with van der Waals surface area (Å²) in [5, 5.41) is 2.72. The third kappa shape index (κ3) is 3.03. The topological polar surface area (TPSA) is 66.5 Å². The van der Waals surface area contributed by atoms with Crippen LogP contribution in [0.15, 0.2) is 42.5 Å². The fourth-order valence-electron chi connectivity index (χ4n) is 2.88. The summed E-state index contributed by atoms with van der Waals surface area (Å²) in [6.07, 6.45) is 0. The fourth-order valence-corrected chi connectivity index (χ4v) is 2.88. The lowest BCUT2D eigenvalue weighted by molar-refractivity contribution is -0.116. The molecule has 0 spiro atoms. The zero-order chi connectivity index (χ0) is 18.1. The Labute approximate surface area is 144 Å². The van der Waals surface area contributed by atoms with Crippen LogP contribution in [-0.2, 0) is 4.79 Å². The van der Waals surface area contributed by atoms with Gasteiger partial charge in [0.05, 0.1) is 11.1 Å². The molecule has 0 saturated carbocycles. The summed E-state index contributed by atoms with van der Waals surface area (Å²) in [6.45, 7) is 3.54. The first-order valence-corrected chi connectivity index (χ1v) is 7.93. The van der Waals surface area contributed by atoms with Gasteiger partial charge in [-0.25, -0.2) is 4.39 Å². The minimum absolute atomic E-state index is 0.0135. The Bertz CT molecular complexity index is 877. The molecule has 128 valence electrons. The van der Waals surface area contributed by atoms with Gasteiger partial charge in [-0.1, -0.05) is 38.1 Å². The molecule has 1 aliphatic heterocycles. The van der Waals surface area contributed by atoms with Gasteiger partial charge in [-0.2, -0.15) is 0 Å². The van der Waals surface area contributed by atoms with Gasteiger partial charge >= 0.3 is 0 Å². The van der Waals surface area contributed by atoms with Crippen molar-refractivity contribution in [3.05, 3.63) is 65.0 Å². The Morgan fingerprint density at radius 3 is 2.48 bits per heavy atom. The van der Waals surface area contributed by atoms with Crippen molar-refractivity contribution in [2.45, 2.75) is 19.8 Å². The van der Waals surface area contributed by atoms with Crippen molar-refractivity contribution in [1.82, 2.24) is 4.90 Å². The number of rotatable bonds is 4. The predicted octanol–water partition coefficient (Wildman–Crippen LogP) is 3.18. The summed E-state index contributed by atoms with van der Waals surface area (Å²) in [7, 11) is 0. The number of carbonyl (C=O) groups excluding carboxylic acids is 3. The van der Waals surface area contributed by atoms with E-state index < -0.39 is 30.1 Å². The summed E-state index contributed by atoms with van der Waals surface area (Å²) in [5.41, 5.74) is 1.29. The highest BCUT2D eigenvalue weighted by Gasteiger charge is 2.38. The molecule has 0 fully saturated rings. The van der Waals surface area contributed by atoms with Gasteiger partial charge in [0.2, 0.25) is 5.91 Å². The number of imide groups is 1. The highest BCUT2D eigenvalue weighted by atomic mass is 19.1. The SMILES string of the molecule is CC(C)c1ccccc1NC(=O)CN1C(=O)c2cccc(F)c2C1=O. The van der Waals surface area contributed by atoms with Gasteiger partial charge < -0.3 is 5.32 Å². The molecular formula is C19H17FN2O3. The van der Waals surface area contributed by atoms with Crippen molar-refractivity contribution in [2.24, 2.45) is 0 Å². The average molecular weight is 340 g/mol. The Balaban J connectivity index is 1.78. The number of nitrogens with one attached hydrogen (secondary N) is 1. The summed E-state index contributed by atoms with van der Waals surface area (Å²) < 4.78 is 13.8. The minimum Gasteiger partial charge on any atom is -0.324 e. The second-order valence-electron chi connectivity index (χ2n) is 6.15. The van der Waals surface area contributed by atoms with Gasteiger partial charge in [0.25, 0.3) is 11.8 Å². The van der Waals surface area contributed by atoms with E-state index in [0.29, 0.717) is 5.69 Å². The van der Waals surface area contributed by atoms with E-state index >= 15 is 0 Å². The zero-order valence-electron chi connectivity index (χ0n) is 13.9. The third-order valence-corrected chi connectivity index (χ3v) is 4.11. The van der Waals surface area contributed by atoms with E-state index in [1.165, 1.54) is 12.1 Å². The van der Waals surface area contributed by atoms with E-state index in [4.69, 9.17) is 0 Å². The molecular weight excluding hydrogens is 323 g/mol. The number of benzene rings is 2. The largest absolute Gasteiger partial charge is 0.324 e. The molecule has 2 aromatic carbocycles. The molecule has 0 unspecified atom stereocenters. The van der Waals surface area contributed by atoms with Crippen LogP contribution < -0.4 is 5.32 Å². The van der Waals surface area contributed by atoms with Crippen molar-refractivity contribution < 1.29 is 18.8 Å². The summed E-state index contributed by atoms with van der Waals surface area (Å²) in [6, 6.07) is 11.2. The number of fused-ring (bicyclic) bond motifs is 1. The van der Waals surface area contributed by atoms with Crippen LogP contribution in [0.25, 0.3) is 0 Å². The molecule has 2 aromatic rings. The van der Waals surface area contributed by atoms with Gasteiger partial charge in [0, 0.05) is 5.69 Å². The first-order chi connectivity index (χ1) is 11.9. The maximum atomic E-state index is 13.8. The van der Waals surface area contributed by atoms with Gasteiger partial charge in [-0.05, 0) is 29.7 Å². The molecule has 0 atom stereocenters. The molecule has 3 rings (SSSR count). The van der Waals surface area contributed by atoms with E-state index in [-0.39, 0.29) is 17.0 Å². The van der Waals surface area contributed by atoms with E-state index in [2.05, 4.69) is 5.32 Å². The molecule has 25 heavy (non-hydrogen) atoms. The lowest BCUT2D eigenvalue weighted by Crippen LogP contribution is -2.37. The summed E-state index contributed by atoms with van der Waals surface area (Å²) in [4.78, 5) is 37.6. The number of hydrogen-bond donors (Lipinski definition) is 1. The first-order valence-electron chi connectivity index (χ1n) is 7.93. The van der Waals surface area contributed by atoms with E-state index in [0.717, 1.165) is 16.5 Å². The monoisotopic (exact) mass is 340 g/mol. The van der Waals surface area contributed by atoms with Gasteiger partial charge in [-0.3, -0.25) is 19.3 Å². The number of anilines is 1. The standard InChI is InChI=1S/C19H17FN2O3/c1-11(2)12-6-3-4-9-15(12)21-16(23)10-22-18(24)13-7-5-8-14(20)17(13)19(22)25/h3-9,11H,10H2,1-2H3,(H,21,23). The normalized spacial score (nSPS) is 13.4. The molecule has 3 amide bonds. The number of halogens is 1. The lowest BCUT2D eigenvalue weighted by Gasteiger charge is -2.16. The molecule has 1 aliphatic rings. The molecule has 1 heterocycles. The van der Waals surface area contributed by atoms with Crippen molar-refractivity contribution in [3.8, 4) is 0 Å². The van der Waals surface area contributed by atoms with Crippen LogP contribution in [0.2, 0.25) is 0 Å². The Morgan fingerprint density at radius 1 is 1.08 bits per heavy atom. The maximum Gasteiger partial charge on any atom is 0.265 e. The second-order valence-corrected chi connectivity index (χ2v) is 6.15. The number of para-hydroxylation sites is 1. The van der Waals surface area contributed by atoms with Gasteiger partial charge in [0.15, 0.2) is 0 Å². The van der Waals surface area contributed by atoms with E-state index in [9.17, 15) is 18.8 Å². The van der Waals surface area contributed by atoms with Crippen LogP contribution in [0.4, 0.5) is 10.1 Å². The van der Waals surface area contributed by atoms with Gasteiger partial charge in [0.1, 0.15) is 12.4 Å². The lowest BCUT2D eigenvalue weighted by atomic mass is 10.0. The molecule has 0 aromatic heterocycles. The Hall–Kier alpha value is -3.02. The Morgan fingerprint density at radius 2 is 1.80 bits per heavy atom. The Kier molecular flexibility index (Phi) is 4.35. The molecule has 6 heteroatoms. The van der Waals surface area contributed by atoms with Crippen molar-refractivity contribution in [3.63, 3.8) is 0 Å². The molecule has 0 bridgehead atoms. The van der Waals surface area contributed by atoms with Crippen LogP contribution in [0.5, 0.6) is 0 Å². The number of amides is 3. The molecule has 5 nitrogen and oxygen atoms in total. The fraction of sp³-hybridized carbons (Fsp3) is 0.211. The molecule has 1 N–H and O–H groups in total.